The molecule has 112 valence electrons. The maximum Gasteiger partial charge on any atom is 0.124 e. The molecule has 0 atom stereocenters. The summed E-state index contributed by atoms with van der Waals surface area (Å²) in [5, 5.41) is 12.7. The Labute approximate surface area is 139 Å². The monoisotopic (exact) mass is 354 g/mol. The second-order valence-corrected chi connectivity index (χ2v) is 6.88. The molecule has 0 heterocycles. The van der Waals surface area contributed by atoms with Gasteiger partial charge in [0.05, 0.1) is 0 Å². The molecule has 0 saturated heterocycles. The SMILES string of the molecule is Cc1cc(C)c(-c2c(O)ccc3cc(Br)ccc23)c(C)c1C. The highest BCUT2D eigenvalue weighted by Crippen LogP contribution is 2.41. The smallest absolute Gasteiger partial charge is 0.124 e. The van der Waals surface area contributed by atoms with Crippen molar-refractivity contribution in [2.24, 2.45) is 0 Å². The van der Waals surface area contributed by atoms with Gasteiger partial charge in [-0.15, -0.1) is 0 Å². The molecule has 0 radical (unpaired) electrons. The van der Waals surface area contributed by atoms with Gasteiger partial charge < -0.3 is 5.11 Å². The lowest BCUT2D eigenvalue weighted by atomic mass is 9.87. The summed E-state index contributed by atoms with van der Waals surface area (Å²) in [4.78, 5) is 0. The average Bonchev–Trinajstić information content (AvgIpc) is 2.47. The number of aryl methyl sites for hydroxylation is 2. The van der Waals surface area contributed by atoms with Gasteiger partial charge in [-0.1, -0.05) is 34.1 Å². The zero-order valence-corrected chi connectivity index (χ0v) is 14.9. The van der Waals surface area contributed by atoms with E-state index >= 15 is 0 Å². The van der Waals surface area contributed by atoms with Gasteiger partial charge in [-0.3, -0.25) is 0 Å². The van der Waals surface area contributed by atoms with E-state index in [0.717, 1.165) is 26.4 Å². The van der Waals surface area contributed by atoms with Crippen molar-refractivity contribution in [3.8, 4) is 16.9 Å². The van der Waals surface area contributed by atoms with Crippen molar-refractivity contribution in [3.05, 3.63) is 63.1 Å². The minimum absolute atomic E-state index is 0.337. The number of hydrogen-bond acceptors (Lipinski definition) is 1. The van der Waals surface area contributed by atoms with Gasteiger partial charge in [-0.2, -0.15) is 0 Å². The number of aromatic hydroxyl groups is 1. The van der Waals surface area contributed by atoms with Gasteiger partial charge >= 0.3 is 0 Å². The van der Waals surface area contributed by atoms with E-state index in [2.05, 4.69) is 61.8 Å². The number of phenolic OH excluding ortho intramolecular Hbond substituents is 1. The second kappa shape index (κ2) is 5.44. The van der Waals surface area contributed by atoms with Crippen LogP contribution in [0.3, 0.4) is 0 Å². The third kappa shape index (κ3) is 2.32. The van der Waals surface area contributed by atoms with E-state index in [9.17, 15) is 5.11 Å². The Kier molecular flexibility index (Phi) is 3.73. The van der Waals surface area contributed by atoms with Crippen molar-refractivity contribution in [3.63, 3.8) is 0 Å². The third-order valence-corrected chi connectivity index (χ3v) is 5.06. The van der Waals surface area contributed by atoms with Gasteiger partial charge in [0, 0.05) is 10.0 Å². The Hall–Kier alpha value is -1.80. The molecule has 3 aromatic carbocycles. The van der Waals surface area contributed by atoms with Crippen molar-refractivity contribution in [2.75, 3.05) is 0 Å². The first-order valence-electron chi connectivity index (χ1n) is 7.39. The van der Waals surface area contributed by atoms with Crippen molar-refractivity contribution in [1.82, 2.24) is 0 Å². The lowest BCUT2D eigenvalue weighted by Crippen LogP contribution is -1.96. The summed E-state index contributed by atoms with van der Waals surface area (Å²) in [6.07, 6.45) is 0. The normalized spacial score (nSPS) is 11.1. The first kappa shape index (κ1) is 15.1. The number of phenols is 1. The highest BCUT2D eigenvalue weighted by molar-refractivity contribution is 9.10. The summed E-state index contributed by atoms with van der Waals surface area (Å²) in [6, 6.07) is 12.1. The lowest BCUT2D eigenvalue weighted by Gasteiger charge is -2.18. The predicted octanol–water partition coefficient (Wildman–Crippen LogP) is 6.21. The standard InChI is InChI=1S/C20H19BrO/c1-11-9-12(2)19(14(4)13(11)3)20-17-7-6-16(21)10-15(17)5-8-18(20)22/h5-10,22H,1-4H3. The summed E-state index contributed by atoms with van der Waals surface area (Å²) in [5.74, 6) is 0.337. The van der Waals surface area contributed by atoms with Crippen LogP contribution in [0.1, 0.15) is 22.3 Å². The van der Waals surface area contributed by atoms with E-state index < -0.39 is 0 Å². The van der Waals surface area contributed by atoms with E-state index in [1.165, 1.54) is 22.3 Å². The molecule has 0 aliphatic rings. The third-order valence-electron chi connectivity index (χ3n) is 4.57. The van der Waals surface area contributed by atoms with Crippen molar-refractivity contribution in [2.45, 2.75) is 27.7 Å². The fourth-order valence-electron chi connectivity index (χ4n) is 3.22. The van der Waals surface area contributed by atoms with Crippen molar-refractivity contribution < 1.29 is 5.11 Å². The molecule has 1 nitrogen and oxygen atoms in total. The van der Waals surface area contributed by atoms with Crippen molar-refractivity contribution >= 4 is 26.7 Å². The van der Waals surface area contributed by atoms with Crippen LogP contribution in [0.15, 0.2) is 40.9 Å². The molecule has 0 bridgehead atoms. The maximum absolute atomic E-state index is 10.5. The summed E-state index contributed by atoms with van der Waals surface area (Å²) in [7, 11) is 0. The molecule has 2 heteroatoms. The number of fused-ring (bicyclic) bond motifs is 1. The molecule has 3 rings (SSSR count). The van der Waals surface area contributed by atoms with Crippen molar-refractivity contribution in [1.29, 1.82) is 0 Å². The van der Waals surface area contributed by atoms with Crippen LogP contribution in [0.2, 0.25) is 0 Å². The van der Waals surface area contributed by atoms with Crippen LogP contribution in [0, 0.1) is 27.7 Å². The van der Waals surface area contributed by atoms with E-state index in [4.69, 9.17) is 0 Å². The Morgan fingerprint density at radius 1 is 0.773 bits per heavy atom. The van der Waals surface area contributed by atoms with Crippen LogP contribution in [0.25, 0.3) is 21.9 Å². The molecular weight excluding hydrogens is 336 g/mol. The predicted molar refractivity (Wildman–Crippen MR) is 97.7 cm³/mol. The Morgan fingerprint density at radius 2 is 1.50 bits per heavy atom. The molecule has 0 fully saturated rings. The Balaban J connectivity index is 2.46. The summed E-state index contributed by atoms with van der Waals surface area (Å²) >= 11 is 3.52. The highest BCUT2D eigenvalue weighted by Gasteiger charge is 2.16. The summed E-state index contributed by atoms with van der Waals surface area (Å²) in [6.45, 7) is 8.54. The fourth-order valence-corrected chi connectivity index (χ4v) is 3.60. The average molecular weight is 355 g/mol. The van der Waals surface area contributed by atoms with Crippen LogP contribution in [-0.4, -0.2) is 5.11 Å². The van der Waals surface area contributed by atoms with Crippen LogP contribution >= 0.6 is 15.9 Å². The summed E-state index contributed by atoms with van der Waals surface area (Å²) in [5.41, 5.74) is 7.10. The first-order valence-corrected chi connectivity index (χ1v) is 8.18. The van der Waals surface area contributed by atoms with Gasteiger partial charge in [0.25, 0.3) is 0 Å². The molecule has 0 saturated carbocycles. The maximum atomic E-state index is 10.5. The molecule has 0 unspecified atom stereocenters. The van der Waals surface area contributed by atoms with E-state index in [-0.39, 0.29) is 0 Å². The molecule has 1 N–H and O–H groups in total. The summed E-state index contributed by atoms with van der Waals surface area (Å²) < 4.78 is 1.05. The number of benzene rings is 3. The zero-order chi connectivity index (χ0) is 16.0. The largest absolute Gasteiger partial charge is 0.507 e. The Bertz CT molecular complexity index is 894. The molecule has 0 amide bonds. The Morgan fingerprint density at radius 3 is 2.23 bits per heavy atom. The van der Waals surface area contributed by atoms with E-state index in [1.807, 2.05) is 12.1 Å². The fraction of sp³-hybridized carbons (Fsp3) is 0.200. The van der Waals surface area contributed by atoms with Crippen LogP contribution in [-0.2, 0) is 0 Å². The number of halogens is 1. The van der Waals surface area contributed by atoms with Gasteiger partial charge in [0.1, 0.15) is 5.75 Å². The highest BCUT2D eigenvalue weighted by atomic mass is 79.9. The lowest BCUT2D eigenvalue weighted by molar-refractivity contribution is 0.478. The molecule has 0 aromatic heterocycles. The van der Waals surface area contributed by atoms with Gasteiger partial charge in [-0.05, 0) is 84.5 Å². The minimum atomic E-state index is 0.337. The quantitative estimate of drug-likeness (QED) is 0.550. The molecule has 3 aromatic rings. The molecular formula is C20H19BrO. The zero-order valence-electron chi connectivity index (χ0n) is 13.3. The van der Waals surface area contributed by atoms with Gasteiger partial charge in [0.15, 0.2) is 0 Å². The molecule has 0 spiro atoms. The molecule has 0 aliphatic carbocycles. The van der Waals surface area contributed by atoms with E-state index in [1.54, 1.807) is 6.07 Å². The minimum Gasteiger partial charge on any atom is -0.507 e. The second-order valence-electron chi connectivity index (χ2n) is 5.96. The van der Waals surface area contributed by atoms with Gasteiger partial charge in [-0.25, -0.2) is 0 Å². The number of rotatable bonds is 1. The van der Waals surface area contributed by atoms with E-state index in [0.29, 0.717) is 5.75 Å². The topological polar surface area (TPSA) is 20.2 Å². The van der Waals surface area contributed by atoms with Crippen LogP contribution < -0.4 is 0 Å². The van der Waals surface area contributed by atoms with Crippen LogP contribution in [0.4, 0.5) is 0 Å². The van der Waals surface area contributed by atoms with Gasteiger partial charge in [0.2, 0.25) is 0 Å². The molecule has 0 aliphatic heterocycles. The van der Waals surface area contributed by atoms with Crippen LogP contribution in [0.5, 0.6) is 5.75 Å². The first-order chi connectivity index (χ1) is 10.4. The molecule has 22 heavy (non-hydrogen) atoms. The number of hydrogen-bond donors (Lipinski definition) is 1.